The number of aromatic nitrogens is 1. The van der Waals surface area contributed by atoms with E-state index in [1.165, 1.54) is 0 Å². The molecule has 1 N–H and O–H groups in total. The van der Waals surface area contributed by atoms with E-state index in [0.717, 1.165) is 55.6 Å². The number of nitrogens with zero attached hydrogens (tertiary/aromatic N) is 2. The van der Waals surface area contributed by atoms with Gasteiger partial charge in [0.15, 0.2) is 0 Å². The van der Waals surface area contributed by atoms with Crippen LogP contribution in [0.4, 0.5) is 0 Å². The van der Waals surface area contributed by atoms with Crippen molar-refractivity contribution < 1.29 is 18.7 Å². The fourth-order valence-electron chi connectivity index (χ4n) is 6.61. The van der Waals surface area contributed by atoms with Crippen molar-refractivity contribution in [2.24, 2.45) is 0 Å². The zero-order chi connectivity index (χ0) is 28.9. The van der Waals surface area contributed by atoms with E-state index in [1.54, 1.807) is 16.1 Å². The monoisotopic (exact) mass is 567 g/mol. The van der Waals surface area contributed by atoms with Crippen molar-refractivity contribution in [2.45, 2.75) is 31.7 Å². The Balaban J connectivity index is 1.09. The van der Waals surface area contributed by atoms with E-state index in [2.05, 4.69) is 17.1 Å². The van der Waals surface area contributed by atoms with Gasteiger partial charge in [-0.2, -0.15) is 0 Å². The fraction of sp³-hybridized carbons (Fsp3) is 0.167. The number of aromatic amines is 1. The third kappa shape index (κ3) is 4.45. The van der Waals surface area contributed by atoms with Crippen LogP contribution < -0.4 is 4.74 Å². The second-order valence-corrected chi connectivity index (χ2v) is 11.3. The molecule has 1 saturated heterocycles. The number of fused-ring (bicyclic) bond motifs is 5. The number of carbonyl (C=O) groups is 2. The maximum atomic E-state index is 14.1. The number of nitrogens with one attached hydrogen (secondary N) is 1. The van der Waals surface area contributed by atoms with Gasteiger partial charge >= 0.3 is 0 Å². The number of H-pyrrole nitrogens is 1. The Bertz CT molecular complexity index is 1970. The van der Waals surface area contributed by atoms with Gasteiger partial charge in [0.2, 0.25) is 11.8 Å². The van der Waals surface area contributed by atoms with Gasteiger partial charge in [0, 0.05) is 34.9 Å². The number of hydrogen-bond acceptors (Lipinski definition) is 4. The van der Waals surface area contributed by atoms with Gasteiger partial charge in [0.1, 0.15) is 30.5 Å². The van der Waals surface area contributed by atoms with Gasteiger partial charge in [0.25, 0.3) is 0 Å². The highest BCUT2D eigenvalue weighted by molar-refractivity contribution is 5.97. The van der Waals surface area contributed by atoms with Gasteiger partial charge in [-0.3, -0.25) is 9.59 Å². The first kappa shape index (κ1) is 25.4. The van der Waals surface area contributed by atoms with Gasteiger partial charge in [-0.15, -0.1) is 0 Å². The highest BCUT2D eigenvalue weighted by Crippen LogP contribution is 2.43. The molecule has 43 heavy (non-hydrogen) atoms. The standard InChI is InChI=1S/C36H29N3O4/c40-33-21-38(20-23-10-13-27(14-11-23)43-22-24-6-2-1-3-7-24)36(41)31-19-29-28-8-4-5-9-30(28)37-34(29)35(39(31)33)26-12-15-32-25(18-26)16-17-42-32/h1-18,31,35,37H,19-22H2/t31-,35-/m1/s1. The largest absolute Gasteiger partial charge is 0.489 e. The van der Waals surface area contributed by atoms with Crippen molar-refractivity contribution in [3.63, 3.8) is 0 Å². The van der Waals surface area contributed by atoms with Crippen LogP contribution in [0.15, 0.2) is 114 Å². The van der Waals surface area contributed by atoms with E-state index >= 15 is 0 Å². The second-order valence-electron chi connectivity index (χ2n) is 11.3. The summed E-state index contributed by atoms with van der Waals surface area (Å²) in [5.74, 6) is 0.666. The molecule has 0 saturated carbocycles. The molecule has 0 bridgehead atoms. The van der Waals surface area contributed by atoms with E-state index < -0.39 is 12.1 Å². The molecule has 2 aliphatic rings. The average Bonchev–Trinajstić information content (AvgIpc) is 3.67. The lowest BCUT2D eigenvalue weighted by atomic mass is 9.86. The molecule has 2 aliphatic heterocycles. The number of benzene rings is 4. The van der Waals surface area contributed by atoms with Gasteiger partial charge in [0.05, 0.1) is 12.3 Å². The fourth-order valence-corrected chi connectivity index (χ4v) is 6.61. The molecule has 6 aromatic rings. The topological polar surface area (TPSA) is 78.8 Å². The Labute approximate surface area is 248 Å². The zero-order valence-corrected chi connectivity index (χ0v) is 23.4. The van der Waals surface area contributed by atoms with Crippen molar-refractivity contribution in [1.82, 2.24) is 14.8 Å². The molecule has 1 fully saturated rings. The van der Waals surface area contributed by atoms with Crippen molar-refractivity contribution in [1.29, 1.82) is 0 Å². The predicted molar refractivity (Wildman–Crippen MR) is 163 cm³/mol. The summed E-state index contributed by atoms with van der Waals surface area (Å²) >= 11 is 0. The predicted octanol–water partition coefficient (Wildman–Crippen LogP) is 6.38. The number of rotatable bonds is 6. The smallest absolute Gasteiger partial charge is 0.246 e. The van der Waals surface area contributed by atoms with E-state index in [4.69, 9.17) is 9.15 Å². The molecular weight excluding hydrogens is 538 g/mol. The first-order valence-corrected chi connectivity index (χ1v) is 14.5. The molecule has 7 heteroatoms. The van der Waals surface area contributed by atoms with Crippen LogP contribution in [0.5, 0.6) is 5.75 Å². The summed E-state index contributed by atoms with van der Waals surface area (Å²) in [6, 6.07) is 32.9. The number of furan rings is 1. The van der Waals surface area contributed by atoms with Gasteiger partial charge in [-0.1, -0.05) is 66.7 Å². The SMILES string of the molecule is O=C1[C@H]2Cc3c([nH]c4ccccc34)[C@@H](c3ccc4occc4c3)N2C(=O)CN1Cc1ccc(OCc2ccccc2)cc1. The summed E-state index contributed by atoms with van der Waals surface area (Å²) in [4.78, 5) is 35.2. The minimum atomic E-state index is -0.591. The molecule has 2 aromatic heterocycles. The average molecular weight is 568 g/mol. The summed E-state index contributed by atoms with van der Waals surface area (Å²) in [5.41, 5.74) is 6.87. The molecule has 2 amide bonds. The van der Waals surface area contributed by atoms with Gasteiger partial charge in [-0.25, -0.2) is 0 Å². The normalized spacial score (nSPS) is 18.2. The Hall–Kier alpha value is -5.30. The number of carbonyl (C=O) groups excluding carboxylic acids is 2. The Morgan fingerprint density at radius 1 is 0.860 bits per heavy atom. The van der Waals surface area contributed by atoms with Crippen molar-refractivity contribution in [3.8, 4) is 5.75 Å². The highest BCUT2D eigenvalue weighted by atomic mass is 16.5. The maximum Gasteiger partial charge on any atom is 0.246 e. The molecule has 2 atom stereocenters. The Morgan fingerprint density at radius 3 is 2.53 bits per heavy atom. The third-order valence-electron chi connectivity index (χ3n) is 8.68. The van der Waals surface area contributed by atoms with Gasteiger partial charge < -0.3 is 23.9 Å². The molecule has 0 radical (unpaired) electrons. The van der Waals surface area contributed by atoms with Crippen LogP contribution in [0, 0.1) is 0 Å². The van der Waals surface area contributed by atoms with E-state index in [9.17, 15) is 9.59 Å². The molecular formula is C36H29N3O4. The van der Waals surface area contributed by atoms with Gasteiger partial charge in [-0.05, 0) is 58.7 Å². The van der Waals surface area contributed by atoms with Crippen molar-refractivity contribution >= 4 is 33.7 Å². The zero-order valence-electron chi connectivity index (χ0n) is 23.4. The number of ether oxygens (including phenoxy) is 1. The van der Waals surface area contributed by atoms with Crippen LogP contribution >= 0.6 is 0 Å². The van der Waals surface area contributed by atoms with Crippen molar-refractivity contribution in [2.75, 3.05) is 6.54 Å². The summed E-state index contributed by atoms with van der Waals surface area (Å²) in [7, 11) is 0. The lowest BCUT2D eigenvalue weighted by Crippen LogP contribution is -2.62. The van der Waals surface area contributed by atoms with E-state index in [-0.39, 0.29) is 18.4 Å². The minimum Gasteiger partial charge on any atom is -0.489 e. The summed E-state index contributed by atoms with van der Waals surface area (Å²) in [6.07, 6.45) is 2.14. The molecule has 4 aromatic carbocycles. The quantitative estimate of drug-likeness (QED) is 0.253. The lowest BCUT2D eigenvalue weighted by molar-refractivity contribution is -0.159. The molecule has 0 spiro atoms. The van der Waals surface area contributed by atoms with Crippen LogP contribution in [0.25, 0.3) is 21.9 Å². The second kappa shape index (κ2) is 10.2. The summed E-state index contributed by atoms with van der Waals surface area (Å²) < 4.78 is 11.5. The minimum absolute atomic E-state index is 0.0294. The van der Waals surface area contributed by atoms with Crippen LogP contribution in [0.3, 0.4) is 0 Å². The Kier molecular flexibility index (Phi) is 6.03. The third-order valence-corrected chi connectivity index (χ3v) is 8.68. The molecule has 0 aliphatic carbocycles. The number of hydrogen-bond donors (Lipinski definition) is 1. The van der Waals surface area contributed by atoms with Crippen LogP contribution in [-0.4, -0.2) is 39.2 Å². The number of para-hydroxylation sites is 1. The molecule has 7 nitrogen and oxygen atoms in total. The van der Waals surface area contributed by atoms with Crippen LogP contribution in [-0.2, 0) is 29.2 Å². The summed E-state index contributed by atoms with van der Waals surface area (Å²) in [6.45, 7) is 0.878. The number of amides is 2. The van der Waals surface area contributed by atoms with Crippen LogP contribution in [0.2, 0.25) is 0 Å². The molecule has 212 valence electrons. The Morgan fingerprint density at radius 2 is 1.67 bits per heavy atom. The maximum absolute atomic E-state index is 14.1. The molecule has 8 rings (SSSR count). The van der Waals surface area contributed by atoms with E-state index in [1.807, 2.05) is 91.0 Å². The first-order chi connectivity index (χ1) is 21.1. The highest BCUT2D eigenvalue weighted by Gasteiger charge is 2.48. The first-order valence-electron chi connectivity index (χ1n) is 14.5. The number of piperazine rings is 1. The molecule has 4 heterocycles. The van der Waals surface area contributed by atoms with E-state index in [0.29, 0.717) is 19.6 Å². The van der Waals surface area contributed by atoms with Crippen LogP contribution in [0.1, 0.15) is 34.0 Å². The summed E-state index contributed by atoms with van der Waals surface area (Å²) in [5, 5.41) is 2.06. The molecule has 0 unspecified atom stereocenters. The van der Waals surface area contributed by atoms with Crippen molar-refractivity contribution in [3.05, 3.63) is 137 Å². The lowest BCUT2D eigenvalue weighted by Gasteiger charge is -2.47.